The van der Waals surface area contributed by atoms with Gasteiger partial charge in [0.1, 0.15) is 11.7 Å². The van der Waals surface area contributed by atoms with Gasteiger partial charge in [-0.2, -0.15) is 0 Å². The predicted molar refractivity (Wildman–Crippen MR) is 158 cm³/mol. The molecular weight excluding hydrogens is 486 g/mol. The third-order valence-electron chi connectivity index (χ3n) is 7.02. The van der Waals surface area contributed by atoms with Crippen molar-refractivity contribution in [2.75, 3.05) is 11.4 Å². The van der Waals surface area contributed by atoms with E-state index in [1.165, 1.54) is 0 Å². The van der Waals surface area contributed by atoms with Crippen LogP contribution in [0.3, 0.4) is 0 Å². The highest BCUT2D eigenvalue weighted by molar-refractivity contribution is 6.08. The summed E-state index contributed by atoms with van der Waals surface area (Å²) in [5.41, 5.74) is 16.1. The highest BCUT2D eigenvalue weighted by atomic mass is 16.2. The van der Waals surface area contributed by atoms with Gasteiger partial charge < -0.3 is 20.9 Å². The Bertz CT molecular complexity index is 1700. The van der Waals surface area contributed by atoms with E-state index >= 15 is 0 Å². The summed E-state index contributed by atoms with van der Waals surface area (Å²) in [5, 5.41) is 17.4. The molecule has 0 unspecified atom stereocenters. The van der Waals surface area contributed by atoms with Crippen LogP contribution in [0, 0.1) is 10.8 Å². The number of amidine groups is 2. The van der Waals surface area contributed by atoms with Crippen molar-refractivity contribution < 1.29 is 4.79 Å². The molecule has 0 atom stereocenters. The van der Waals surface area contributed by atoms with E-state index < -0.39 is 0 Å². The largest absolute Gasteiger partial charge is 0.388 e. The van der Waals surface area contributed by atoms with Crippen LogP contribution in [0.2, 0.25) is 0 Å². The van der Waals surface area contributed by atoms with Crippen molar-refractivity contribution in [1.29, 1.82) is 10.8 Å². The Hall–Kier alpha value is -4.98. The first-order valence-electron chi connectivity index (χ1n) is 12.8. The Labute approximate surface area is 226 Å². The van der Waals surface area contributed by atoms with Gasteiger partial charge in [-0.25, -0.2) is 4.98 Å². The standard InChI is InChI=1S/C31H31N7O/c1-37-27-14-12-24(19-26(27)36-29(37)15-8-20-6-9-22(10-7-20)30(34)35)31(39)38(17-16-28(32)33)25-13-11-21-4-2-3-5-23(21)18-25/h2-7,9-14,18-19H,8,15-17H2,1H3,(H3,32,33)(H3,34,35). The van der Waals surface area contributed by atoms with Crippen molar-refractivity contribution in [3.63, 3.8) is 0 Å². The third kappa shape index (κ3) is 5.50. The smallest absolute Gasteiger partial charge is 0.258 e. The molecule has 5 aromatic rings. The molecule has 6 N–H and O–H groups in total. The SMILES string of the molecule is Cn1c(CCc2ccc(C(=N)N)cc2)nc2cc(C(=O)N(CCC(=N)N)c3ccc4ccccc4c3)ccc21. The van der Waals surface area contributed by atoms with Crippen molar-refractivity contribution in [1.82, 2.24) is 9.55 Å². The molecule has 0 radical (unpaired) electrons. The molecule has 1 aromatic heterocycles. The predicted octanol–water partition coefficient (Wildman–Crippen LogP) is 4.77. The van der Waals surface area contributed by atoms with E-state index in [1.807, 2.05) is 92.0 Å². The zero-order chi connectivity index (χ0) is 27.5. The molecule has 8 heteroatoms. The maximum atomic E-state index is 13.8. The number of nitrogen functional groups attached to an aromatic ring is 1. The maximum Gasteiger partial charge on any atom is 0.258 e. The van der Waals surface area contributed by atoms with Gasteiger partial charge >= 0.3 is 0 Å². The zero-order valence-corrected chi connectivity index (χ0v) is 21.8. The topological polar surface area (TPSA) is 138 Å². The number of amides is 1. The highest BCUT2D eigenvalue weighted by Gasteiger charge is 2.20. The number of aryl methyl sites for hydroxylation is 3. The minimum absolute atomic E-state index is 0.0364. The van der Waals surface area contributed by atoms with Gasteiger partial charge in [0.25, 0.3) is 5.91 Å². The van der Waals surface area contributed by atoms with E-state index in [1.54, 1.807) is 4.90 Å². The first kappa shape index (κ1) is 25.7. The lowest BCUT2D eigenvalue weighted by Gasteiger charge is -2.23. The van der Waals surface area contributed by atoms with Crippen LogP contribution in [0.25, 0.3) is 21.8 Å². The van der Waals surface area contributed by atoms with E-state index in [2.05, 4.69) is 4.57 Å². The molecule has 4 aromatic carbocycles. The fourth-order valence-electron chi connectivity index (χ4n) is 4.79. The molecule has 1 amide bonds. The van der Waals surface area contributed by atoms with Crippen LogP contribution in [-0.4, -0.2) is 33.7 Å². The summed E-state index contributed by atoms with van der Waals surface area (Å²) in [6.07, 6.45) is 1.81. The second-order valence-corrected chi connectivity index (χ2v) is 9.66. The number of rotatable bonds is 9. The van der Waals surface area contributed by atoms with Gasteiger partial charge in [-0.15, -0.1) is 0 Å². The minimum atomic E-state index is -0.161. The van der Waals surface area contributed by atoms with Crippen molar-refractivity contribution in [3.8, 4) is 0 Å². The molecule has 0 aliphatic rings. The van der Waals surface area contributed by atoms with E-state index in [0.717, 1.165) is 51.7 Å². The fourth-order valence-corrected chi connectivity index (χ4v) is 4.79. The Balaban J connectivity index is 1.41. The lowest BCUT2D eigenvalue weighted by molar-refractivity contribution is 0.0988. The molecule has 0 fully saturated rings. The number of nitrogens with one attached hydrogen (secondary N) is 2. The maximum absolute atomic E-state index is 13.8. The van der Waals surface area contributed by atoms with Gasteiger partial charge in [-0.3, -0.25) is 15.6 Å². The second-order valence-electron chi connectivity index (χ2n) is 9.66. The number of nitrogens with two attached hydrogens (primary N) is 2. The Morgan fingerprint density at radius 2 is 1.59 bits per heavy atom. The summed E-state index contributed by atoms with van der Waals surface area (Å²) in [6, 6.07) is 27.2. The monoisotopic (exact) mass is 517 g/mol. The van der Waals surface area contributed by atoms with E-state index in [9.17, 15) is 4.79 Å². The Kier molecular flexibility index (Phi) is 7.10. The van der Waals surface area contributed by atoms with Gasteiger partial charge in [0.15, 0.2) is 0 Å². The van der Waals surface area contributed by atoms with Gasteiger partial charge in [-0.05, 0) is 53.1 Å². The molecule has 1 heterocycles. The summed E-state index contributed by atoms with van der Waals surface area (Å²) < 4.78 is 2.06. The summed E-state index contributed by atoms with van der Waals surface area (Å²) in [7, 11) is 1.99. The number of nitrogens with zero attached hydrogens (tertiary/aromatic N) is 3. The lowest BCUT2D eigenvalue weighted by atomic mass is 10.1. The van der Waals surface area contributed by atoms with Crippen molar-refractivity contribution in [2.24, 2.45) is 18.5 Å². The Morgan fingerprint density at radius 1 is 0.872 bits per heavy atom. The quantitative estimate of drug-likeness (QED) is 0.165. The third-order valence-corrected chi connectivity index (χ3v) is 7.02. The van der Waals surface area contributed by atoms with Crippen LogP contribution >= 0.6 is 0 Å². The zero-order valence-electron chi connectivity index (χ0n) is 21.8. The van der Waals surface area contributed by atoms with Crippen molar-refractivity contribution in [2.45, 2.75) is 19.3 Å². The first-order chi connectivity index (χ1) is 18.8. The first-order valence-corrected chi connectivity index (χ1v) is 12.8. The summed E-state index contributed by atoms with van der Waals surface area (Å²) in [4.78, 5) is 20.3. The average Bonchev–Trinajstić information content (AvgIpc) is 3.26. The molecule has 0 aliphatic heterocycles. The van der Waals surface area contributed by atoms with E-state index in [4.69, 9.17) is 27.3 Å². The van der Waals surface area contributed by atoms with Gasteiger partial charge in [-0.1, -0.05) is 54.6 Å². The van der Waals surface area contributed by atoms with E-state index in [-0.39, 0.29) is 24.0 Å². The molecular formula is C31H31N7O. The number of carbonyl (C=O) groups is 1. The Morgan fingerprint density at radius 3 is 2.31 bits per heavy atom. The molecule has 5 rings (SSSR count). The number of aromatic nitrogens is 2. The number of imidazole rings is 1. The lowest BCUT2D eigenvalue weighted by Crippen LogP contribution is -2.34. The summed E-state index contributed by atoms with van der Waals surface area (Å²) in [6.45, 7) is 0.306. The van der Waals surface area contributed by atoms with E-state index in [0.29, 0.717) is 17.7 Å². The number of fused-ring (bicyclic) bond motifs is 2. The van der Waals surface area contributed by atoms with Gasteiger partial charge in [0, 0.05) is 43.2 Å². The van der Waals surface area contributed by atoms with Crippen LogP contribution in [0.4, 0.5) is 5.69 Å². The number of hydrogen-bond acceptors (Lipinski definition) is 4. The van der Waals surface area contributed by atoms with Gasteiger partial charge in [0.05, 0.1) is 16.9 Å². The van der Waals surface area contributed by atoms with Crippen LogP contribution in [0.5, 0.6) is 0 Å². The molecule has 0 bridgehead atoms. The molecule has 8 nitrogen and oxygen atoms in total. The number of anilines is 1. The van der Waals surface area contributed by atoms with Gasteiger partial charge in [0.2, 0.25) is 0 Å². The molecule has 0 saturated carbocycles. The highest BCUT2D eigenvalue weighted by Crippen LogP contribution is 2.25. The van der Waals surface area contributed by atoms with Crippen LogP contribution < -0.4 is 16.4 Å². The van der Waals surface area contributed by atoms with Crippen molar-refractivity contribution >= 4 is 45.1 Å². The fraction of sp³-hybridized carbons (Fsp3) is 0.161. The average molecular weight is 518 g/mol. The molecule has 39 heavy (non-hydrogen) atoms. The minimum Gasteiger partial charge on any atom is -0.388 e. The number of hydrogen-bond donors (Lipinski definition) is 4. The summed E-state index contributed by atoms with van der Waals surface area (Å²) >= 11 is 0. The normalized spacial score (nSPS) is 11.1. The van der Waals surface area contributed by atoms with Crippen LogP contribution in [0.15, 0.2) is 84.9 Å². The van der Waals surface area contributed by atoms with Crippen LogP contribution in [0.1, 0.15) is 33.7 Å². The molecule has 0 aliphatic carbocycles. The second kappa shape index (κ2) is 10.8. The molecule has 196 valence electrons. The number of carbonyl (C=O) groups excluding carboxylic acids is 1. The van der Waals surface area contributed by atoms with Crippen molar-refractivity contribution in [3.05, 3.63) is 107 Å². The summed E-state index contributed by atoms with van der Waals surface area (Å²) in [5.74, 6) is 0.858. The molecule has 0 spiro atoms. The number of benzene rings is 4. The van der Waals surface area contributed by atoms with Crippen LogP contribution in [-0.2, 0) is 19.9 Å². The molecule has 0 saturated heterocycles.